The second-order valence-corrected chi connectivity index (χ2v) is 6.59. The maximum absolute atomic E-state index is 6.27. The zero-order valence-corrected chi connectivity index (χ0v) is 14.7. The first kappa shape index (κ1) is 15.2. The number of fused-ring (bicyclic) bond motifs is 1. The molecule has 1 N–H and O–H groups in total. The number of hydrogen-bond donors (Lipinski definition) is 1. The van der Waals surface area contributed by atoms with Crippen molar-refractivity contribution < 1.29 is 0 Å². The van der Waals surface area contributed by atoms with Crippen LogP contribution >= 0.6 is 23.8 Å². The lowest BCUT2D eigenvalue weighted by molar-refractivity contribution is 0.766. The van der Waals surface area contributed by atoms with Gasteiger partial charge in [-0.1, -0.05) is 48.0 Å². The number of nitrogens with one attached hydrogen (secondary N) is 1. The summed E-state index contributed by atoms with van der Waals surface area (Å²) in [6.07, 6.45) is 3.99. The summed E-state index contributed by atoms with van der Waals surface area (Å²) in [5.41, 5.74) is 3.37. The van der Waals surface area contributed by atoms with Crippen molar-refractivity contribution in [1.29, 1.82) is 0 Å². The lowest BCUT2D eigenvalue weighted by Gasteiger charge is -2.06. The Balaban J connectivity index is 1.78. The van der Waals surface area contributed by atoms with E-state index >= 15 is 0 Å². The maximum Gasteiger partial charge on any atom is 0.185 e. The number of benzene rings is 2. The number of aromatic amines is 1. The van der Waals surface area contributed by atoms with E-state index in [1.807, 2.05) is 51.9 Å². The van der Waals surface area contributed by atoms with Crippen molar-refractivity contribution in [1.82, 2.24) is 14.1 Å². The smallest absolute Gasteiger partial charge is 0.185 e. The summed E-state index contributed by atoms with van der Waals surface area (Å²) in [5, 5.41) is 1.97. The van der Waals surface area contributed by atoms with Crippen LogP contribution < -0.4 is 0 Å². The van der Waals surface area contributed by atoms with Crippen LogP contribution in [0.5, 0.6) is 0 Å². The molecular weight excluding hydrogens is 338 g/mol. The zero-order chi connectivity index (χ0) is 16.7. The topological polar surface area (TPSA) is 25.6 Å². The average Bonchev–Trinajstić information content (AvgIpc) is 3.11. The Labute approximate surface area is 150 Å². The van der Waals surface area contributed by atoms with E-state index in [1.165, 1.54) is 10.9 Å². The van der Waals surface area contributed by atoms with E-state index in [0.29, 0.717) is 6.54 Å². The number of aromatic nitrogens is 3. The van der Waals surface area contributed by atoms with Crippen LogP contribution in [0.15, 0.2) is 60.9 Å². The van der Waals surface area contributed by atoms with E-state index in [4.69, 9.17) is 23.8 Å². The van der Waals surface area contributed by atoms with Crippen LogP contribution in [0.3, 0.4) is 0 Å². The van der Waals surface area contributed by atoms with E-state index in [-0.39, 0.29) is 0 Å². The van der Waals surface area contributed by atoms with Crippen molar-refractivity contribution in [3.05, 3.63) is 81.8 Å². The molecule has 4 rings (SSSR count). The Morgan fingerprint density at radius 3 is 2.58 bits per heavy atom. The van der Waals surface area contributed by atoms with E-state index in [2.05, 4.69) is 30.1 Å². The molecule has 120 valence electrons. The lowest BCUT2D eigenvalue weighted by Crippen LogP contribution is -2.02. The van der Waals surface area contributed by atoms with Gasteiger partial charge in [-0.25, -0.2) is 0 Å². The largest absolute Gasteiger partial charge is 0.341 e. The number of hydrogen-bond acceptors (Lipinski definition) is 1. The number of halogens is 1. The van der Waals surface area contributed by atoms with Crippen LogP contribution in [0, 0.1) is 11.7 Å². The predicted octanol–water partition coefficient (Wildman–Crippen LogP) is 5.50. The minimum Gasteiger partial charge on any atom is -0.341 e. The fourth-order valence-corrected chi connectivity index (χ4v) is 3.50. The summed E-state index contributed by atoms with van der Waals surface area (Å²) < 4.78 is 4.78. The Bertz CT molecular complexity index is 1090. The highest BCUT2D eigenvalue weighted by atomic mass is 35.5. The quantitative estimate of drug-likeness (QED) is 0.483. The Kier molecular flexibility index (Phi) is 3.79. The molecule has 0 aliphatic heterocycles. The second kappa shape index (κ2) is 5.96. The van der Waals surface area contributed by atoms with Gasteiger partial charge in [-0.2, -0.15) is 0 Å². The van der Waals surface area contributed by atoms with Gasteiger partial charge in [-0.3, -0.25) is 4.57 Å². The molecule has 0 aliphatic carbocycles. The second-order valence-electron chi connectivity index (χ2n) is 5.81. The fourth-order valence-electron chi connectivity index (χ4n) is 3.02. The van der Waals surface area contributed by atoms with Gasteiger partial charge < -0.3 is 9.55 Å². The van der Waals surface area contributed by atoms with Crippen molar-refractivity contribution in [2.45, 2.75) is 13.5 Å². The summed E-state index contributed by atoms with van der Waals surface area (Å²) in [6, 6.07) is 16.1. The molecule has 0 radical (unpaired) electrons. The van der Waals surface area contributed by atoms with Crippen molar-refractivity contribution >= 4 is 34.7 Å². The van der Waals surface area contributed by atoms with Crippen LogP contribution in [0.4, 0.5) is 0 Å². The molecule has 0 unspecified atom stereocenters. The van der Waals surface area contributed by atoms with Gasteiger partial charge in [0.05, 0.1) is 6.54 Å². The summed E-state index contributed by atoms with van der Waals surface area (Å²) in [6.45, 7) is 2.77. The van der Waals surface area contributed by atoms with Gasteiger partial charge in [0.15, 0.2) is 4.77 Å². The Morgan fingerprint density at radius 2 is 1.79 bits per heavy atom. The molecule has 0 atom stereocenters. The van der Waals surface area contributed by atoms with E-state index in [9.17, 15) is 0 Å². The molecule has 2 aromatic carbocycles. The van der Waals surface area contributed by atoms with E-state index in [1.54, 1.807) is 0 Å². The first-order chi connectivity index (χ1) is 11.6. The molecule has 0 saturated carbocycles. The highest BCUT2D eigenvalue weighted by molar-refractivity contribution is 7.71. The van der Waals surface area contributed by atoms with Crippen LogP contribution in [-0.2, 0) is 6.54 Å². The molecule has 0 fully saturated rings. The highest BCUT2D eigenvalue weighted by Gasteiger charge is 2.11. The van der Waals surface area contributed by atoms with Crippen molar-refractivity contribution in [3.8, 4) is 5.82 Å². The summed E-state index contributed by atoms with van der Waals surface area (Å²) >= 11 is 11.9. The number of aryl methyl sites for hydroxylation is 1. The van der Waals surface area contributed by atoms with Gasteiger partial charge in [0.2, 0.25) is 0 Å². The third-order valence-electron chi connectivity index (χ3n) is 4.33. The third-order valence-corrected chi connectivity index (χ3v) is 5.13. The molecule has 0 saturated heterocycles. The third kappa shape index (κ3) is 2.48. The SMILES string of the molecule is Cc1c(-n2ccn(Cc3ccccc3Cl)c2=S)[nH]c2ccccc12. The predicted molar refractivity (Wildman–Crippen MR) is 102 cm³/mol. The number of rotatable bonds is 3. The summed E-state index contributed by atoms with van der Waals surface area (Å²) in [4.78, 5) is 3.47. The van der Waals surface area contributed by atoms with Crippen LogP contribution in [0.1, 0.15) is 11.1 Å². The fraction of sp³-hybridized carbons (Fsp3) is 0.105. The zero-order valence-electron chi connectivity index (χ0n) is 13.2. The van der Waals surface area contributed by atoms with Crippen molar-refractivity contribution in [3.63, 3.8) is 0 Å². The van der Waals surface area contributed by atoms with Gasteiger partial charge in [0, 0.05) is 28.3 Å². The normalized spacial score (nSPS) is 11.2. The van der Waals surface area contributed by atoms with Gasteiger partial charge in [-0.15, -0.1) is 0 Å². The number of H-pyrrole nitrogens is 1. The van der Waals surface area contributed by atoms with Crippen molar-refractivity contribution in [2.75, 3.05) is 0 Å². The van der Waals surface area contributed by atoms with Gasteiger partial charge in [0.25, 0.3) is 0 Å². The molecule has 0 aliphatic rings. The first-order valence-electron chi connectivity index (χ1n) is 7.74. The molecule has 4 aromatic rings. The summed E-state index contributed by atoms with van der Waals surface area (Å²) in [7, 11) is 0. The molecule has 3 nitrogen and oxygen atoms in total. The standard InChI is InChI=1S/C19H16ClN3S/c1-13-15-7-3-5-9-17(15)21-18(13)23-11-10-22(19(23)24)12-14-6-2-4-8-16(14)20/h2-11,21H,12H2,1H3. The van der Waals surface area contributed by atoms with Crippen LogP contribution in [0.25, 0.3) is 16.7 Å². The van der Waals surface area contributed by atoms with Crippen LogP contribution in [-0.4, -0.2) is 14.1 Å². The number of imidazole rings is 1. The Hall–Kier alpha value is -2.30. The monoisotopic (exact) mass is 353 g/mol. The summed E-state index contributed by atoms with van der Waals surface area (Å²) in [5.74, 6) is 1.01. The lowest BCUT2D eigenvalue weighted by atomic mass is 10.2. The average molecular weight is 354 g/mol. The minimum absolute atomic E-state index is 0.658. The molecule has 0 amide bonds. The molecule has 5 heteroatoms. The molecule has 0 spiro atoms. The van der Waals surface area contributed by atoms with E-state index < -0.39 is 0 Å². The van der Waals surface area contributed by atoms with Crippen LogP contribution in [0.2, 0.25) is 5.02 Å². The van der Waals surface area contributed by atoms with Gasteiger partial charge >= 0.3 is 0 Å². The Morgan fingerprint density at radius 1 is 1.04 bits per heavy atom. The van der Waals surface area contributed by atoms with E-state index in [0.717, 1.165) is 26.7 Å². The molecule has 2 heterocycles. The van der Waals surface area contributed by atoms with Gasteiger partial charge in [-0.05, 0) is 42.4 Å². The number of para-hydroxylation sites is 1. The molecule has 24 heavy (non-hydrogen) atoms. The molecule has 2 aromatic heterocycles. The van der Waals surface area contributed by atoms with Crippen molar-refractivity contribution in [2.24, 2.45) is 0 Å². The highest BCUT2D eigenvalue weighted by Crippen LogP contribution is 2.25. The number of nitrogens with zero attached hydrogens (tertiary/aromatic N) is 2. The van der Waals surface area contributed by atoms with Gasteiger partial charge in [0.1, 0.15) is 5.82 Å². The maximum atomic E-state index is 6.27. The first-order valence-corrected chi connectivity index (χ1v) is 8.52. The molecule has 0 bridgehead atoms. The molecular formula is C19H16ClN3S. The minimum atomic E-state index is 0.658.